The van der Waals surface area contributed by atoms with E-state index in [9.17, 15) is 9.90 Å². The fourth-order valence-electron chi connectivity index (χ4n) is 8.67. The highest BCUT2D eigenvalue weighted by Crippen LogP contribution is 2.47. The van der Waals surface area contributed by atoms with Crippen molar-refractivity contribution in [2.24, 2.45) is 0 Å². The Balaban J connectivity index is 1.02. The fourth-order valence-corrected chi connectivity index (χ4v) is 8.67. The monoisotopic (exact) mass is 769 g/mol. The zero-order valence-corrected chi connectivity index (χ0v) is 34.0. The second-order valence-electron chi connectivity index (χ2n) is 16.3. The summed E-state index contributed by atoms with van der Waals surface area (Å²) in [6.07, 6.45) is 18.2. The average molecular weight is 769 g/mol. The molecular weight excluding hydrogens is 701 g/mol. The maximum Gasteiger partial charge on any atom is 0.220 e. The number of carbonyl (C=O) groups excluding carboxylic acids is 1. The molecule has 1 amide bonds. The number of carbonyl (C=O) groups is 1. The van der Waals surface area contributed by atoms with Crippen LogP contribution < -0.4 is 5.32 Å². The minimum Gasteiger partial charge on any atom is -0.392 e. The molecule has 8 nitrogen and oxygen atoms in total. The van der Waals surface area contributed by atoms with Gasteiger partial charge in [-0.2, -0.15) is 0 Å². The van der Waals surface area contributed by atoms with E-state index < -0.39 is 12.1 Å². The Morgan fingerprint density at radius 2 is 1.27 bits per heavy atom. The first-order valence-corrected chi connectivity index (χ1v) is 22.0. The van der Waals surface area contributed by atoms with Crippen LogP contribution in [0.5, 0.6) is 0 Å². The number of nitrogens with zero attached hydrogens (tertiary/aromatic N) is 1. The van der Waals surface area contributed by atoms with E-state index in [1.165, 1.54) is 76.2 Å². The Labute approximate surface area is 336 Å². The summed E-state index contributed by atoms with van der Waals surface area (Å²) in [6, 6.07) is 27.0. The number of aliphatic hydroxyl groups is 1. The lowest BCUT2D eigenvalue weighted by Gasteiger charge is -2.46. The first-order valence-electron chi connectivity index (χ1n) is 22.0. The Morgan fingerprint density at radius 1 is 0.696 bits per heavy atom. The van der Waals surface area contributed by atoms with Crippen molar-refractivity contribution in [2.75, 3.05) is 32.8 Å². The summed E-state index contributed by atoms with van der Waals surface area (Å²) in [6.45, 7) is 6.63. The number of hydrogen-bond donors (Lipinski definition) is 2. The summed E-state index contributed by atoms with van der Waals surface area (Å²) in [5, 5.41) is 12.9. The molecule has 3 aliphatic rings. The number of likely N-dealkylation sites (tertiary alicyclic amines) is 1. The van der Waals surface area contributed by atoms with Gasteiger partial charge in [0.25, 0.3) is 0 Å². The number of benzene rings is 3. The van der Waals surface area contributed by atoms with Gasteiger partial charge in [-0.05, 0) is 28.7 Å². The summed E-state index contributed by atoms with van der Waals surface area (Å²) in [5.74, 6) is -0.360. The molecular formula is C48H68N2O6. The number of piperidine rings is 1. The third kappa shape index (κ3) is 12.7. The number of nitrogens with one attached hydrogen (secondary N) is 1. The highest BCUT2D eigenvalue weighted by molar-refractivity contribution is 5.75. The lowest BCUT2D eigenvalue weighted by molar-refractivity contribution is -0.265. The number of unbranched alkanes of at least 4 members (excludes halogenated alkanes) is 12. The van der Waals surface area contributed by atoms with Crippen molar-refractivity contribution >= 4 is 5.91 Å². The molecule has 3 aliphatic heterocycles. The van der Waals surface area contributed by atoms with Crippen molar-refractivity contribution in [2.45, 2.75) is 153 Å². The number of rotatable bonds is 22. The topological polar surface area (TPSA) is 89.5 Å². The Hall–Kier alpha value is -3.11. The summed E-state index contributed by atoms with van der Waals surface area (Å²) < 4.78 is 26.0. The number of amides is 1. The standard InChI is InChI=1S/C48H68N2O6/c1-2-3-4-5-6-7-8-9-10-11-12-13-17-20-44(52)49-35-38-21-27-42(28-22-38)47-55-43(36-50-31-29-48(30-32-50)53-33-34-54-48)45(40-18-15-14-16-19-40)46(56-47)41-25-23-39(37-51)24-26-41/h14-16,18-19,21-28,43,45-47,51H,2-13,17,20,29-37H2,1H3,(H,49,52). The average Bonchev–Trinajstić information content (AvgIpc) is 3.70. The lowest BCUT2D eigenvalue weighted by Crippen LogP contribution is -2.50. The molecule has 8 heteroatoms. The van der Waals surface area contributed by atoms with Crippen LogP contribution in [0.4, 0.5) is 0 Å². The number of ether oxygens (including phenoxy) is 4. The van der Waals surface area contributed by atoms with Gasteiger partial charge in [0.05, 0.1) is 32.0 Å². The number of hydrogen-bond acceptors (Lipinski definition) is 7. The molecule has 306 valence electrons. The van der Waals surface area contributed by atoms with Gasteiger partial charge in [-0.3, -0.25) is 4.79 Å². The summed E-state index contributed by atoms with van der Waals surface area (Å²) in [7, 11) is 0. The molecule has 3 fully saturated rings. The summed E-state index contributed by atoms with van der Waals surface area (Å²) in [4.78, 5) is 15.2. The smallest absolute Gasteiger partial charge is 0.220 e. The van der Waals surface area contributed by atoms with Crippen LogP contribution in [0, 0.1) is 0 Å². The maximum atomic E-state index is 12.7. The molecule has 6 rings (SSSR count). The Morgan fingerprint density at radius 3 is 1.88 bits per heavy atom. The molecule has 56 heavy (non-hydrogen) atoms. The highest BCUT2D eigenvalue weighted by Gasteiger charge is 2.45. The molecule has 3 saturated heterocycles. The van der Waals surface area contributed by atoms with Crippen LogP contribution in [0.1, 0.15) is 156 Å². The zero-order chi connectivity index (χ0) is 38.8. The second kappa shape index (κ2) is 22.7. The van der Waals surface area contributed by atoms with Crippen molar-refractivity contribution in [3.8, 4) is 0 Å². The Bertz CT molecular complexity index is 1530. The van der Waals surface area contributed by atoms with Crippen LogP contribution in [0.2, 0.25) is 0 Å². The molecule has 0 aromatic heterocycles. The molecule has 3 aromatic rings. The van der Waals surface area contributed by atoms with Crippen molar-refractivity contribution < 1.29 is 28.8 Å². The van der Waals surface area contributed by atoms with Gasteiger partial charge < -0.3 is 34.3 Å². The molecule has 0 bridgehead atoms. The van der Waals surface area contributed by atoms with Crippen molar-refractivity contribution in [3.05, 3.63) is 107 Å². The molecule has 0 radical (unpaired) electrons. The largest absolute Gasteiger partial charge is 0.392 e. The lowest BCUT2D eigenvalue weighted by atomic mass is 9.83. The summed E-state index contributed by atoms with van der Waals surface area (Å²) >= 11 is 0. The SMILES string of the molecule is CCCCCCCCCCCCCCCC(=O)NCc1ccc(C2OC(CN3CCC4(CC3)OCCO4)C(c3ccccc3)C(c3ccc(CO)cc3)O2)cc1. The molecule has 4 atom stereocenters. The second-order valence-corrected chi connectivity index (χ2v) is 16.3. The first-order chi connectivity index (χ1) is 27.6. The normalized spacial score (nSPS) is 22.4. The predicted molar refractivity (Wildman–Crippen MR) is 222 cm³/mol. The van der Waals surface area contributed by atoms with Gasteiger partial charge in [0.1, 0.15) is 0 Å². The van der Waals surface area contributed by atoms with Crippen molar-refractivity contribution in [1.82, 2.24) is 10.2 Å². The molecule has 1 spiro atoms. The van der Waals surface area contributed by atoms with E-state index >= 15 is 0 Å². The maximum absolute atomic E-state index is 12.7. The minimum absolute atomic E-state index is 0.00159. The Kier molecular flexibility index (Phi) is 17.2. The fraction of sp³-hybridized carbons (Fsp3) is 0.604. The molecule has 4 unspecified atom stereocenters. The molecule has 3 heterocycles. The van der Waals surface area contributed by atoms with Gasteiger partial charge in [0, 0.05) is 56.9 Å². The molecule has 3 aromatic carbocycles. The van der Waals surface area contributed by atoms with Crippen LogP contribution in [0.15, 0.2) is 78.9 Å². The molecule has 2 N–H and O–H groups in total. The van der Waals surface area contributed by atoms with Crippen LogP contribution in [0.3, 0.4) is 0 Å². The molecule has 0 aliphatic carbocycles. The van der Waals surface area contributed by atoms with Crippen molar-refractivity contribution in [1.29, 1.82) is 0 Å². The quantitative estimate of drug-likeness (QED) is 0.0984. The highest BCUT2D eigenvalue weighted by atomic mass is 16.7. The molecule has 0 saturated carbocycles. The zero-order valence-electron chi connectivity index (χ0n) is 34.0. The van der Waals surface area contributed by atoms with Gasteiger partial charge in [-0.1, -0.05) is 163 Å². The van der Waals surface area contributed by atoms with Gasteiger partial charge in [0.15, 0.2) is 12.1 Å². The van der Waals surface area contributed by atoms with Gasteiger partial charge >= 0.3 is 0 Å². The van der Waals surface area contributed by atoms with E-state index in [-0.39, 0.29) is 30.6 Å². The van der Waals surface area contributed by atoms with Crippen molar-refractivity contribution in [3.63, 3.8) is 0 Å². The van der Waals surface area contributed by atoms with Gasteiger partial charge in [-0.15, -0.1) is 0 Å². The van der Waals surface area contributed by atoms with E-state index in [2.05, 4.69) is 77.8 Å². The van der Waals surface area contributed by atoms with Crippen LogP contribution in [-0.4, -0.2) is 60.7 Å². The van der Waals surface area contributed by atoms with E-state index in [1.807, 2.05) is 18.2 Å². The van der Waals surface area contributed by atoms with Crippen LogP contribution >= 0.6 is 0 Å². The van der Waals surface area contributed by atoms with E-state index in [4.69, 9.17) is 18.9 Å². The third-order valence-corrected chi connectivity index (χ3v) is 12.1. The van der Waals surface area contributed by atoms with E-state index in [0.29, 0.717) is 26.2 Å². The summed E-state index contributed by atoms with van der Waals surface area (Å²) in [5.41, 5.74) is 5.11. The van der Waals surface area contributed by atoms with Gasteiger partial charge in [0.2, 0.25) is 5.91 Å². The van der Waals surface area contributed by atoms with Crippen LogP contribution in [-0.2, 0) is 36.9 Å². The van der Waals surface area contributed by atoms with Crippen LogP contribution in [0.25, 0.3) is 0 Å². The first kappa shape index (κ1) is 42.5. The van der Waals surface area contributed by atoms with Gasteiger partial charge in [-0.25, -0.2) is 0 Å². The third-order valence-electron chi connectivity index (χ3n) is 12.1. The number of aliphatic hydroxyl groups excluding tert-OH is 1. The predicted octanol–water partition coefficient (Wildman–Crippen LogP) is 10.1. The van der Waals surface area contributed by atoms with E-state index in [1.54, 1.807) is 0 Å². The van der Waals surface area contributed by atoms with E-state index in [0.717, 1.165) is 67.6 Å². The minimum atomic E-state index is -0.570.